The number of carbonyl (C=O) groups is 8. The largest absolute Gasteiger partial charge is 0.459 e. The van der Waals surface area contributed by atoms with Gasteiger partial charge in [0.15, 0.2) is 0 Å². The Hall–Kier alpha value is -5.16. The Labute approximate surface area is 404 Å². The van der Waals surface area contributed by atoms with Crippen molar-refractivity contribution in [2.75, 3.05) is 26.2 Å². The van der Waals surface area contributed by atoms with Gasteiger partial charge in [-0.15, -0.1) is 0 Å². The van der Waals surface area contributed by atoms with Crippen molar-refractivity contribution in [2.24, 2.45) is 17.8 Å². The molecule has 0 aromatic heterocycles. The fourth-order valence-corrected chi connectivity index (χ4v) is 8.46. The summed E-state index contributed by atoms with van der Waals surface area (Å²) in [6.07, 6.45) is -0.278. The molecule has 1 N–H and O–H groups in total. The number of hydrogen-bond donors (Lipinski definition) is 1. The summed E-state index contributed by atoms with van der Waals surface area (Å²) in [4.78, 5) is 99.6. The van der Waals surface area contributed by atoms with E-state index in [1.165, 1.54) is 11.8 Å². The summed E-state index contributed by atoms with van der Waals surface area (Å²) in [5, 5.41) is 3.10. The zero-order valence-electron chi connectivity index (χ0n) is 39.6. The van der Waals surface area contributed by atoms with Gasteiger partial charge in [-0.1, -0.05) is 110 Å². The number of aldehydes is 1. The molecule has 3 amide bonds. The fourth-order valence-electron chi connectivity index (χ4n) is 8.46. The topological polar surface area (TPSA) is 177 Å². The minimum Gasteiger partial charge on any atom is -0.459 e. The van der Waals surface area contributed by atoms with Gasteiger partial charge in [-0.3, -0.25) is 28.8 Å². The van der Waals surface area contributed by atoms with Crippen LogP contribution in [0.2, 0.25) is 0 Å². The van der Waals surface area contributed by atoms with E-state index in [4.69, 9.17) is 25.9 Å². The van der Waals surface area contributed by atoms with Crippen molar-refractivity contribution < 1.29 is 61.0 Å². The van der Waals surface area contributed by atoms with Crippen LogP contribution in [0.4, 0.5) is 13.2 Å². The van der Waals surface area contributed by atoms with E-state index in [0.29, 0.717) is 57.7 Å². The van der Waals surface area contributed by atoms with Gasteiger partial charge in [0.2, 0.25) is 29.1 Å². The molecule has 18 heteroatoms. The summed E-state index contributed by atoms with van der Waals surface area (Å²) in [6, 6.07) is 17.9. The lowest BCUT2D eigenvalue weighted by atomic mass is 9.93. The number of likely N-dealkylation sites (tertiary alicyclic amines) is 3. The first-order valence-corrected chi connectivity index (χ1v) is 23.2. The summed E-state index contributed by atoms with van der Waals surface area (Å²) in [5.41, 5.74) is 0.403. The van der Waals surface area contributed by atoms with Crippen LogP contribution < -0.4 is 5.32 Å². The highest BCUT2D eigenvalue weighted by Crippen LogP contribution is 2.40. The molecular weight excluding hydrogens is 909 g/mol. The highest BCUT2D eigenvalue weighted by Gasteiger charge is 2.57. The summed E-state index contributed by atoms with van der Waals surface area (Å²) in [6.45, 7) is 15.6. The molecule has 2 spiro atoms. The lowest BCUT2D eigenvalue weighted by Gasteiger charge is -2.34. The zero-order chi connectivity index (χ0) is 50.1. The van der Waals surface area contributed by atoms with Crippen molar-refractivity contribution in [1.29, 1.82) is 0 Å². The van der Waals surface area contributed by atoms with Crippen molar-refractivity contribution in [3.8, 4) is 0 Å². The number of ether oxygens (including phenoxy) is 2. The molecule has 68 heavy (non-hydrogen) atoms. The van der Waals surface area contributed by atoms with Crippen LogP contribution in [0.5, 0.6) is 0 Å². The molecular formula is C50H70ClF3N4O10. The monoisotopic (exact) mass is 978 g/mol. The molecule has 14 nitrogen and oxygen atoms in total. The Morgan fingerprint density at radius 3 is 1.54 bits per heavy atom. The average molecular weight is 980 g/mol. The predicted molar refractivity (Wildman–Crippen MR) is 250 cm³/mol. The summed E-state index contributed by atoms with van der Waals surface area (Å²) < 4.78 is 42.3. The number of ketones is 1. The molecule has 4 heterocycles. The Morgan fingerprint density at radius 2 is 1.16 bits per heavy atom. The predicted octanol–water partition coefficient (Wildman–Crippen LogP) is 7.62. The lowest BCUT2D eigenvalue weighted by Crippen LogP contribution is -2.56. The number of Topliss-reactive ketones (excluding diaryl/α,β-unsaturated/α-hetero) is 1. The van der Waals surface area contributed by atoms with Crippen LogP contribution >= 0.6 is 11.6 Å². The Balaban J connectivity index is 0.000000375. The molecule has 2 aromatic rings. The van der Waals surface area contributed by atoms with Crippen LogP contribution in [0.3, 0.4) is 0 Å². The number of nitrogens with one attached hydrogen (secondary N) is 1. The zero-order valence-corrected chi connectivity index (χ0v) is 40.3. The van der Waals surface area contributed by atoms with E-state index in [1.807, 2.05) is 74.5 Å². The molecule has 378 valence electrons. The number of alkyl halides is 3. The number of nitrogens with zero attached hydrogens (tertiary/aromatic N) is 3. The Bertz CT molecular complexity index is 2000. The van der Waals surface area contributed by atoms with Crippen molar-refractivity contribution >= 4 is 58.6 Å². The smallest absolute Gasteiger partial charge is 0.446 e. The summed E-state index contributed by atoms with van der Waals surface area (Å²) in [7, 11) is 0. The van der Waals surface area contributed by atoms with Gasteiger partial charge in [0.05, 0.1) is 5.54 Å². The van der Waals surface area contributed by atoms with Gasteiger partial charge in [0, 0.05) is 32.5 Å². The molecule has 2 aromatic carbocycles. The highest BCUT2D eigenvalue weighted by atomic mass is 35.5. The lowest BCUT2D eigenvalue weighted by molar-refractivity contribution is -0.159. The van der Waals surface area contributed by atoms with Gasteiger partial charge >= 0.3 is 18.1 Å². The first kappa shape index (κ1) is 59.0. The first-order valence-electron chi connectivity index (χ1n) is 22.8. The molecule has 4 aliphatic heterocycles. The normalized spacial score (nSPS) is 20.5. The third-order valence-electron chi connectivity index (χ3n) is 11.9. The van der Waals surface area contributed by atoms with Gasteiger partial charge in [-0.2, -0.15) is 13.2 Å². The van der Waals surface area contributed by atoms with E-state index in [0.717, 1.165) is 36.9 Å². The van der Waals surface area contributed by atoms with Crippen LogP contribution in [-0.2, 0) is 61.0 Å². The minimum absolute atomic E-state index is 0. The second kappa shape index (κ2) is 27.1. The van der Waals surface area contributed by atoms with Crippen LogP contribution in [-0.4, -0.2) is 117 Å². The number of benzene rings is 2. The molecule has 6 rings (SSSR count). The maximum Gasteiger partial charge on any atom is 0.446 e. The van der Waals surface area contributed by atoms with E-state index in [2.05, 4.69) is 19.2 Å². The number of carbonyl (C=O) groups excluding carboxylic acids is 8. The third kappa shape index (κ3) is 16.8. The van der Waals surface area contributed by atoms with Gasteiger partial charge < -0.3 is 29.5 Å². The number of esters is 2. The average Bonchev–Trinajstić information content (AvgIpc) is 4.09. The Morgan fingerprint density at radius 1 is 0.721 bits per heavy atom. The van der Waals surface area contributed by atoms with E-state index in [9.17, 15) is 46.7 Å². The number of amides is 3. The molecule has 0 radical (unpaired) electrons. The quantitative estimate of drug-likeness (QED) is 0.0853. The molecule has 4 aliphatic rings. The maximum atomic E-state index is 13.5. The standard InChI is InChI=1S/C23H30N2O5.C20H28N2O3.C4H7ClO.C2HF3O.CH4/c1-16(2)14-19(21(28)30-15-18-8-5-4-6-9-18)24-13-11-23(22(24)29)10-7-12-25(23)20(27)17(3)26;1-15(2)13-17(18(23)25-14-16-7-4-3-5-8-16)22-12-10-20(19(22)24)9-6-11-21-20;1-3(2)4(5)6;3-2(4,5)1-6;/h4-6,8-9,16,19H,7,10-15H2,1-3H3;3-5,7-8,15,17,21H,6,9-14H2,1-2H3;3H,1-2H3;1H;1H4/t19-,23-;17-,20-;;;/m11.../s1. The number of hydrogen-bond acceptors (Lipinski definition) is 11. The van der Waals surface area contributed by atoms with Crippen molar-refractivity contribution in [2.45, 2.75) is 150 Å². The van der Waals surface area contributed by atoms with E-state index in [1.54, 1.807) is 23.6 Å². The van der Waals surface area contributed by atoms with Crippen LogP contribution in [0.25, 0.3) is 0 Å². The Kier molecular flexibility index (Phi) is 23.5. The summed E-state index contributed by atoms with van der Waals surface area (Å²) in [5.74, 6) is -1.59. The molecule has 4 saturated heterocycles. The van der Waals surface area contributed by atoms with Gasteiger partial charge in [0.25, 0.3) is 5.91 Å². The second-order valence-corrected chi connectivity index (χ2v) is 18.7. The van der Waals surface area contributed by atoms with Gasteiger partial charge in [-0.25, -0.2) is 9.59 Å². The van der Waals surface area contributed by atoms with Crippen LogP contribution in [0.1, 0.15) is 118 Å². The third-order valence-corrected chi connectivity index (χ3v) is 12.3. The maximum absolute atomic E-state index is 13.5. The SMILES string of the molecule is C.CC(=O)C(=O)N1CCC[C@]12CCN([C@H](CC(C)C)C(=O)OCc1ccccc1)C2=O.CC(C)C(=O)Cl.CC(C)C[C@H](C(=O)OCc1ccccc1)N1CC[C@]2(CCCN2)C1=O.O=CC(F)(F)F. The highest BCUT2D eigenvalue weighted by molar-refractivity contribution is 6.63. The molecule has 0 unspecified atom stereocenters. The van der Waals surface area contributed by atoms with Crippen molar-refractivity contribution in [3.05, 3.63) is 71.8 Å². The minimum atomic E-state index is -4.64. The molecule has 0 bridgehead atoms. The van der Waals surface area contributed by atoms with E-state index >= 15 is 0 Å². The number of rotatable bonds is 14. The number of halogens is 4. The van der Waals surface area contributed by atoms with Crippen LogP contribution in [0.15, 0.2) is 60.7 Å². The molecule has 4 atom stereocenters. The molecule has 4 fully saturated rings. The second-order valence-electron chi connectivity index (χ2n) is 18.4. The molecule has 0 aliphatic carbocycles. The van der Waals surface area contributed by atoms with E-state index in [-0.39, 0.29) is 55.5 Å². The van der Waals surface area contributed by atoms with Gasteiger partial charge in [-0.05, 0) is 92.5 Å². The summed E-state index contributed by atoms with van der Waals surface area (Å²) >= 11 is 4.97. The van der Waals surface area contributed by atoms with Gasteiger partial charge in [0.1, 0.15) is 30.8 Å². The van der Waals surface area contributed by atoms with Crippen LogP contribution in [0, 0.1) is 17.8 Å². The fraction of sp³-hybridized carbons (Fsp3) is 0.600. The van der Waals surface area contributed by atoms with Crippen molar-refractivity contribution in [3.63, 3.8) is 0 Å². The van der Waals surface area contributed by atoms with Crippen molar-refractivity contribution in [1.82, 2.24) is 20.0 Å². The van der Waals surface area contributed by atoms with E-state index < -0.39 is 53.3 Å². The first-order chi connectivity index (χ1) is 31.5. The molecule has 0 saturated carbocycles.